The highest BCUT2D eigenvalue weighted by atomic mass is 19.3. The Morgan fingerprint density at radius 2 is 2.14 bits per heavy atom. The summed E-state index contributed by atoms with van der Waals surface area (Å²) in [4.78, 5) is 10.1. The fourth-order valence-corrected chi connectivity index (χ4v) is 0.959. The molecule has 14 heavy (non-hydrogen) atoms. The topological polar surface area (TPSA) is 26.3 Å². The van der Waals surface area contributed by atoms with E-state index in [0.29, 0.717) is 11.8 Å². The Balaban J connectivity index is 2.83. The zero-order valence-electron chi connectivity index (χ0n) is 7.04. The predicted molar refractivity (Wildman–Crippen MR) is 42.8 cm³/mol. The molecule has 0 aliphatic carbocycles. The van der Waals surface area contributed by atoms with Gasteiger partial charge in [0, 0.05) is 6.42 Å². The van der Waals surface area contributed by atoms with Crippen LogP contribution in [0.15, 0.2) is 18.2 Å². The molecule has 0 radical (unpaired) electrons. The molecule has 0 aliphatic heterocycles. The van der Waals surface area contributed by atoms with Gasteiger partial charge in [0.25, 0.3) is 0 Å². The average molecular weight is 204 g/mol. The van der Waals surface area contributed by atoms with Crippen LogP contribution in [0.1, 0.15) is 5.56 Å². The fraction of sp³-hybridized carbons (Fsp3) is 0.222. The summed E-state index contributed by atoms with van der Waals surface area (Å²) >= 11 is 0. The van der Waals surface area contributed by atoms with E-state index in [0.717, 1.165) is 12.1 Å². The van der Waals surface area contributed by atoms with Gasteiger partial charge < -0.3 is 9.53 Å². The molecule has 0 fully saturated rings. The van der Waals surface area contributed by atoms with Crippen molar-refractivity contribution in [3.05, 3.63) is 29.6 Å². The minimum Gasteiger partial charge on any atom is -0.432 e. The van der Waals surface area contributed by atoms with Gasteiger partial charge in [-0.25, -0.2) is 4.39 Å². The van der Waals surface area contributed by atoms with Gasteiger partial charge in [0.2, 0.25) is 0 Å². The first kappa shape index (κ1) is 10.6. The second-order valence-corrected chi connectivity index (χ2v) is 2.51. The number of rotatable bonds is 4. The normalized spacial score (nSPS) is 10.3. The average Bonchev–Trinajstić information content (AvgIpc) is 2.10. The van der Waals surface area contributed by atoms with Crippen molar-refractivity contribution < 1.29 is 22.7 Å². The lowest BCUT2D eigenvalue weighted by Crippen LogP contribution is -2.04. The first-order chi connectivity index (χ1) is 6.63. The molecule has 0 aromatic heterocycles. The van der Waals surface area contributed by atoms with Crippen molar-refractivity contribution >= 4 is 6.29 Å². The maximum absolute atomic E-state index is 13.0. The summed E-state index contributed by atoms with van der Waals surface area (Å²) in [6.45, 7) is -3.05. The fourth-order valence-electron chi connectivity index (χ4n) is 0.959. The molecule has 0 amide bonds. The summed E-state index contributed by atoms with van der Waals surface area (Å²) in [5.74, 6) is -1.42. The summed E-state index contributed by atoms with van der Waals surface area (Å²) in [6, 6.07) is 3.42. The third kappa shape index (κ3) is 2.76. The maximum atomic E-state index is 13.0. The smallest absolute Gasteiger partial charge is 0.387 e. The van der Waals surface area contributed by atoms with Gasteiger partial charge in [-0.1, -0.05) is 6.07 Å². The Morgan fingerprint density at radius 3 is 2.64 bits per heavy atom. The van der Waals surface area contributed by atoms with Crippen LogP contribution in [-0.2, 0) is 11.2 Å². The molecular formula is C9H7F3O2. The minimum absolute atomic E-state index is 0.0475. The van der Waals surface area contributed by atoms with Gasteiger partial charge in [-0.2, -0.15) is 8.78 Å². The summed E-state index contributed by atoms with van der Waals surface area (Å²) in [7, 11) is 0. The number of aldehydes is 1. The first-order valence-corrected chi connectivity index (χ1v) is 3.80. The van der Waals surface area contributed by atoms with E-state index in [-0.39, 0.29) is 6.42 Å². The molecule has 0 saturated carbocycles. The van der Waals surface area contributed by atoms with Crippen LogP contribution in [-0.4, -0.2) is 12.9 Å². The van der Waals surface area contributed by atoms with Crippen molar-refractivity contribution in [2.24, 2.45) is 0 Å². The molecular weight excluding hydrogens is 197 g/mol. The molecule has 76 valence electrons. The van der Waals surface area contributed by atoms with Crippen molar-refractivity contribution in [3.8, 4) is 5.75 Å². The third-order valence-electron chi connectivity index (χ3n) is 1.53. The number of hydrogen-bond donors (Lipinski definition) is 0. The Labute approximate surface area is 78.3 Å². The molecule has 0 spiro atoms. The summed E-state index contributed by atoms with van der Waals surface area (Å²) in [5, 5.41) is 0. The van der Waals surface area contributed by atoms with Gasteiger partial charge >= 0.3 is 6.61 Å². The van der Waals surface area contributed by atoms with Gasteiger partial charge in [-0.15, -0.1) is 0 Å². The van der Waals surface area contributed by atoms with Crippen LogP contribution in [0.3, 0.4) is 0 Å². The SMILES string of the molecule is O=CCc1ccc(OC(F)F)c(F)c1. The van der Waals surface area contributed by atoms with E-state index in [2.05, 4.69) is 4.74 Å². The molecule has 1 aromatic rings. The highest BCUT2D eigenvalue weighted by Crippen LogP contribution is 2.20. The van der Waals surface area contributed by atoms with Gasteiger partial charge in [0.05, 0.1) is 0 Å². The minimum atomic E-state index is -3.05. The monoisotopic (exact) mass is 204 g/mol. The highest BCUT2D eigenvalue weighted by Gasteiger charge is 2.09. The zero-order valence-corrected chi connectivity index (χ0v) is 7.04. The lowest BCUT2D eigenvalue weighted by molar-refractivity contribution is -0.107. The number of hydrogen-bond acceptors (Lipinski definition) is 2. The molecule has 0 aliphatic rings. The van der Waals surface area contributed by atoms with Crippen molar-refractivity contribution in [2.75, 3.05) is 0 Å². The van der Waals surface area contributed by atoms with E-state index in [9.17, 15) is 18.0 Å². The molecule has 0 bridgehead atoms. The molecule has 0 N–H and O–H groups in total. The van der Waals surface area contributed by atoms with Crippen LogP contribution in [0.4, 0.5) is 13.2 Å². The van der Waals surface area contributed by atoms with E-state index in [1.165, 1.54) is 6.07 Å². The summed E-state index contributed by atoms with van der Waals surface area (Å²) in [5.41, 5.74) is 0.416. The van der Waals surface area contributed by atoms with E-state index in [1.807, 2.05) is 0 Å². The number of benzene rings is 1. The molecule has 0 unspecified atom stereocenters. The molecule has 0 atom stereocenters. The number of halogens is 3. The highest BCUT2D eigenvalue weighted by molar-refractivity contribution is 5.55. The van der Waals surface area contributed by atoms with Gasteiger partial charge in [0.15, 0.2) is 11.6 Å². The predicted octanol–water partition coefficient (Wildman–Crippen LogP) is 2.17. The molecule has 1 rings (SSSR count). The lowest BCUT2D eigenvalue weighted by Gasteiger charge is -2.05. The molecule has 5 heteroatoms. The van der Waals surface area contributed by atoms with Crippen molar-refractivity contribution in [3.63, 3.8) is 0 Å². The van der Waals surface area contributed by atoms with E-state index in [1.54, 1.807) is 0 Å². The van der Waals surface area contributed by atoms with Crippen LogP contribution in [0.25, 0.3) is 0 Å². The number of carbonyl (C=O) groups excluding carboxylic acids is 1. The summed E-state index contributed by atoms with van der Waals surface area (Å²) < 4.78 is 40.2. The Kier molecular flexibility index (Phi) is 3.50. The second-order valence-electron chi connectivity index (χ2n) is 2.51. The number of carbonyl (C=O) groups is 1. The van der Waals surface area contributed by atoms with Gasteiger partial charge in [-0.3, -0.25) is 0 Å². The Hall–Kier alpha value is -1.52. The molecule has 0 saturated heterocycles. The quantitative estimate of drug-likeness (QED) is 0.702. The van der Waals surface area contributed by atoms with E-state index < -0.39 is 18.2 Å². The van der Waals surface area contributed by atoms with Gasteiger partial charge in [-0.05, 0) is 17.7 Å². The Bertz CT molecular complexity index is 326. The molecule has 1 aromatic carbocycles. The largest absolute Gasteiger partial charge is 0.432 e. The maximum Gasteiger partial charge on any atom is 0.387 e. The molecule has 0 heterocycles. The van der Waals surface area contributed by atoms with Crippen LogP contribution < -0.4 is 4.74 Å². The van der Waals surface area contributed by atoms with Crippen molar-refractivity contribution in [1.82, 2.24) is 0 Å². The van der Waals surface area contributed by atoms with Crippen LogP contribution in [0.2, 0.25) is 0 Å². The van der Waals surface area contributed by atoms with Crippen molar-refractivity contribution in [1.29, 1.82) is 0 Å². The third-order valence-corrected chi connectivity index (χ3v) is 1.53. The molecule has 2 nitrogen and oxygen atoms in total. The van der Waals surface area contributed by atoms with Crippen LogP contribution in [0.5, 0.6) is 5.75 Å². The van der Waals surface area contributed by atoms with Gasteiger partial charge in [0.1, 0.15) is 6.29 Å². The zero-order chi connectivity index (χ0) is 10.6. The lowest BCUT2D eigenvalue weighted by atomic mass is 10.1. The summed E-state index contributed by atoms with van der Waals surface area (Å²) in [6.07, 6.45) is 0.647. The first-order valence-electron chi connectivity index (χ1n) is 3.80. The van der Waals surface area contributed by atoms with Crippen LogP contribution >= 0.6 is 0 Å². The second kappa shape index (κ2) is 4.64. The van der Waals surface area contributed by atoms with Crippen LogP contribution in [0, 0.1) is 5.82 Å². The van der Waals surface area contributed by atoms with E-state index in [4.69, 9.17) is 0 Å². The number of ether oxygens (including phenoxy) is 1. The standard InChI is InChI=1S/C9H7F3O2/c10-7-5-6(3-4-13)1-2-8(7)14-9(11)12/h1-2,4-5,9H,3H2. The van der Waals surface area contributed by atoms with Crippen molar-refractivity contribution in [2.45, 2.75) is 13.0 Å². The van der Waals surface area contributed by atoms with E-state index >= 15 is 0 Å². The Morgan fingerprint density at radius 1 is 1.43 bits per heavy atom. The number of alkyl halides is 2.